The molecule has 0 unspecified atom stereocenters. The Hall–Kier alpha value is -2.72. The Morgan fingerprint density at radius 1 is 0.969 bits per heavy atom. The van der Waals surface area contributed by atoms with Crippen LogP contribution in [0, 0.1) is 17.8 Å². The highest BCUT2D eigenvalue weighted by Crippen LogP contribution is 2.63. The molecular formula is C28H28N2OS. The number of carbonyl (C=O) groups excluding carboxylic acids is 1. The lowest BCUT2D eigenvalue weighted by Crippen LogP contribution is -2.35. The third kappa shape index (κ3) is 3.32. The molecule has 2 bridgehead atoms. The number of hydrogen-bond donors (Lipinski definition) is 2. The Balaban J connectivity index is 1.33. The molecule has 3 aromatic rings. The summed E-state index contributed by atoms with van der Waals surface area (Å²) in [5.74, 6) is 2.65. The van der Waals surface area contributed by atoms with Crippen LogP contribution in [-0.4, -0.2) is 12.2 Å². The van der Waals surface area contributed by atoms with Gasteiger partial charge < -0.3 is 10.6 Å². The minimum atomic E-state index is -0.0315. The van der Waals surface area contributed by atoms with E-state index in [2.05, 4.69) is 59.2 Å². The average Bonchev–Trinajstić information content (AvgIpc) is 3.47. The number of nitrogens with one attached hydrogen (secondary N) is 2. The lowest BCUT2D eigenvalue weighted by Gasteiger charge is -2.43. The summed E-state index contributed by atoms with van der Waals surface area (Å²) in [5.41, 5.74) is 5.53. The Bertz CT molecular complexity index is 1160. The van der Waals surface area contributed by atoms with E-state index in [-0.39, 0.29) is 5.91 Å². The van der Waals surface area contributed by atoms with Crippen molar-refractivity contribution in [2.45, 2.75) is 36.1 Å². The van der Waals surface area contributed by atoms with Crippen molar-refractivity contribution in [1.82, 2.24) is 0 Å². The SMILES string of the molecule is CSc1cccc(NC(=O)c2ccc3c(c2)[C@@H]2[C@H]4CC[C@@H](C4)[C@H]2[C@H](c2ccccc2)N3)c1. The maximum atomic E-state index is 13.1. The van der Waals surface area contributed by atoms with Gasteiger partial charge in [0.05, 0.1) is 6.04 Å². The van der Waals surface area contributed by atoms with Crippen molar-refractivity contribution in [2.24, 2.45) is 17.8 Å². The van der Waals surface area contributed by atoms with E-state index in [1.165, 1.54) is 36.1 Å². The normalized spacial score (nSPS) is 27.3. The average molecular weight is 441 g/mol. The lowest BCUT2D eigenvalue weighted by molar-refractivity contribution is 0.102. The molecule has 0 saturated heterocycles. The van der Waals surface area contributed by atoms with E-state index in [1.54, 1.807) is 11.8 Å². The fourth-order valence-electron chi connectivity index (χ4n) is 6.52. The van der Waals surface area contributed by atoms with Gasteiger partial charge in [-0.3, -0.25) is 4.79 Å². The summed E-state index contributed by atoms with van der Waals surface area (Å²) in [6.45, 7) is 0. The Morgan fingerprint density at radius 2 is 1.81 bits per heavy atom. The Kier molecular flexibility index (Phi) is 4.98. The number of anilines is 2. The lowest BCUT2D eigenvalue weighted by atomic mass is 9.68. The molecule has 4 heteroatoms. The van der Waals surface area contributed by atoms with Gasteiger partial charge in [-0.05, 0) is 96.7 Å². The largest absolute Gasteiger partial charge is 0.378 e. The molecule has 2 aliphatic carbocycles. The summed E-state index contributed by atoms with van der Waals surface area (Å²) < 4.78 is 0. The Labute approximate surface area is 194 Å². The molecule has 3 nitrogen and oxygen atoms in total. The van der Waals surface area contributed by atoms with Crippen molar-refractivity contribution >= 4 is 29.0 Å². The molecule has 1 aliphatic heterocycles. The zero-order chi connectivity index (χ0) is 21.7. The van der Waals surface area contributed by atoms with E-state index in [0.717, 1.165) is 28.0 Å². The quantitative estimate of drug-likeness (QED) is 0.431. The second-order valence-electron chi connectivity index (χ2n) is 9.46. The summed E-state index contributed by atoms with van der Waals surface area (Å²) in [6.07, 6.45) is 6.05. The number of thioether (sulfide) groups is 1. The molecule has 5 atom stereocenters. The summed E-state index contributed by atoms with van der Waals surface area (Å²) in [5, 5.41) is 6.96. The first-order valence-electron chi connectivity index (χ1n) is 11.6. The number of amides is 1. The first-order valence-corrected chi connectivity index (χ1v) is 12.8. The molecular weight excluding hydrogens is 412 g/mol. The standard InChI is InChI=1S/C28H28N2OS/c1-32-22-9-5-8-21(16-22)29-28(31)20-12-13-24-23(15-20)25-18-10-11-19(14-18)26(25)27(30-24)17-6-3-2-4-7-17/h2-9,12-13,15-16,18-19,25-27,30H,10-11,14H2,1H3,(H,29,31)/t18-,19-,25-,26+,27-/m0/s1. The van der Waals surface area contributed by atoms with Crippen LogP contribution >= 0.6 is 11.8 Å². The monoisotopic (exact) mass is 440 g/mol. The number of benzene rings is 3. The zero-order valence-electron chi connectivity index (χ0n) is 18.3. The molecule has 0 spiro atoms. The van der Waals surface area contributed by atoms with Crippen molar-refractivity contribution in [2.75, 3.05) is 16.9 Å². The summed E-state index contributed by atoms with van der Waals surface area (Å²) in [6, 6.07) is 25.6. The van der Waals surface area contributed by atoms with Crippen LogP contribution in [0.4, 0.5) is 11.4 Å². The number of fused-ring (bicyclic) bond motifs is 7. The van der Waals surface area contributed by atoms with E-state index >= 15 is 0 Å². The van der Waals surface area contributed by atoms with Crippen molar-refractivity contribution in [1.29, 1.82) is 0 Å². The topological polar surface area (TPSA) is 41.1 Å². The highest BCUT2D eigenvalue weighted by atomic mass is 32.2. The highest BCUT2D eigenvalue weighted by molar-refractivity contribution is 7.98. The minimum Gasteiger partial charge on any atom is -0.378 e. The van der Waals surface area contributed by atoms with Crippen LogP contribution < -0.4 is 10.6 Å². The molecule has 162 valence electrons. The summed E-state index contributed by atoms with van der Waals surface area (Å²) >= 11 is 1.68. The van der Waals surface area contributed by atoms with Crippen molar-refractivity contribution in [3.63, 3.8) is 0 Å². The molecule has 3 aliphatic rings. The fourth-order valence-corrected chi connectivity index (χ4v) is 6.98. The van der Waals surface area contributed by atoms with E-state index in [4.69, 9.17) is 0 Å². The van der Waals surface area contributed by atoms with Gasteiger partial charge in [-0.1, -0.05) is 36.4 Å². The van der Waals surface area contributed by atoms with Crippen LogP contribution in [0.5, 0.6) is 0 Å². The van der Waals surface area contributed by atoms with Crippen LogP contribution in [0.2, 0.25) is 0 Å². The molecule has 1 heterocycles. The molecule has 32 heavy (non-hydrogen) atoms. The second kappa shape index (κ2) is 8.00. The molecule has 2 fully saturated rings. The van der Waals surface area contributed by atoms with E-state index in [9.17, 15) is 4.79 Å². The maximum absolute atomic E-state index is 13.1. The molecule has 3 aromatic carbocycles. The minimum absolute atomic E-state index is 0.0315. The molecule has 0 aromatic heterocycles. The molecule has 0 radical (unpaired) electrons. The van der Waals surface area contributed by atoms with E-state index in [1.807, 2.05) is 30.5 Å². The van der Waals surface area contributed by atoms with Gasteiger partial charge in [0.2, 0.25) is 0 Å². The van der Waals surface area contributed by atoms with E-state index in [0.29, 0.717) is 17.9 Å². The molecule has 2 saturated carbocycles. The second-order valence-corrected chi connectivity index (χ2v) is 10.3. The number of carbonyl (C=O) groups is 1. The molecule has 6 rings (SSSR count). The van der Waals surface area contributed by atoms with Gasteiger partial charge in [-0.15, -0.1) is 11.8 Å². The zero-order valence-corrected chi connectivity index (χ0v) is 19.1. The van der Waals surface area contributed by atoms with Gasteiger partial charge in [0.25, 0.3) is 5.91 Å². The van der Waals surface area contributed by atoms with Gasteiger partial charge >= 0.3 is 0 Å². The Morgan fingerprint density at radius 3 is 2.66 bits per heavy atom. The third-order valence-electron chi connectivity index (χ3n) is 7.84. The molecule has 2 N–H and O–H groups in total. The third-order valence-corrected chi connectivity index (χ3v) is 8.56. The van der Waals surface area contributed by atoms with Gasteiger partial charge in [-0.2, -0.15) is 0 Å². The molecule has 1 amide bonds. The van der Waals surface area contributed by atoms with E-state index < -0.39 is 0 Å². The first-order chi connectivity index (χ1) is 15.7. The van der Waals surface area contributed by atoms with Crippen molar-refractivity contribution in [3.8, 4) is 0 Å². The number of rotatable bonds is 4. The predicted octanol–water partition coefficient (Wildman–Crippen LogP) is 6.96. The summed E-state index contributed by atoms with van der Waals surface area (Å²) in [4.78, 5) is 14.2. The van der Waals surface area contributed by atoms with Crippen molar-refractivity contribution < 1.29 is 4.79 Å². The van der Waals surface area contributed by atoms with Gasteiger partial charge in [0.15, 0.2) is 0 Å². The van der Waals surface area contributed by atoms with Crippen molar-refractivity contribution in [3.05, 3.63) is 89.5 Å². The fraction of sp³-hybridized carbons (Fsp3) is 0.321. The van der Waals surface area contributed by atoms with Gasteiger partial charge in [0.1, 0.15) is 0 Å². The van der Waals surface area contributed by atoms with Gasteiger partial charge in [0, 0.05) is 21.8 Å². The highest BCUT2D eigenvalue weighted by Gasteiger charge is 2.53. The van der Waals surface area contributed by atoms with Crippen LogP contribution in [0.1, 0.15) is 52.7 Å². The van der Waals surface area contributed by atoms with Gasteiger partial charge in [-0.25, -0.2) is 0 Å². The smallest absolute Gasteiger partial charge is 0.255 e. The summed E-state index contributed by atoms with van der Waals surface area (Å²) in [7, 11) is 0. The van der Waals surface area contributed by atoms with Crippen LogP contribution in [0.15, 0.2) is 77.7 Å². The number of hydrogen-bond acceptors (Lipinski definition) is 3. The predicted molar refractivity (Wildman–Crippen MR) is 132 cm³/mol. The van der Waals surface area contributed by atoms with Crippen LogP contribution in [0.25, 0.3) is 0 Å². The van der Waals surface area contributed by atoms with Crippen LogP contribution in [-0.2, 0) is 0 Å². The van der Waals surface area contributed by atoms with Crippen LogP contribution in [0.3, 0.4) is 0 Å². The maximum Gasteiger partial charge on any atom is 0.255 e. The first kappa shape index (κ1) is 19.9.